The van der Waals surface area contributed by atoms with E-state index in [4.69, 9.17) is 16.3 Å². The molecule has 0 saturated carbocycles. The van der Waals surface area contributed by atoms with Gasteiger partial charge in [-0.05, 0) is 37.9 Å². The van der Waals surface area contributed by atoms with Crippen LogP contribution in [0.15, 0.2) is 30.5 Å². The summed E-state index contributed by atoms with van der Waals surface area (Å²) in [5.74, 6) is -2.09. The monoisotopic (exact) mass is 520 g/mol. The van der Waals surface area contributed by atoms with Gasteiger partial charge in [-0.25, -0.2) is 9.37 Å². The van der Waals surface area contributed by atoms with Gasteiger partial charge in [0.15, 0.2) is 0 Å². The van der Waals surface area contributed by atoms with Crippen LogP contribution in [0.2, 0.25) is 5.02 Å². The molecule has 0 saturated heterocycles. The Morgan fingerprint density at radius 1 is 1.39 bits per heavy atom. The van der Waals surface area contributed by atoms with E-state index in [-0.39, 0.29) is 35.7 Å². The summed E-state index contributed by atoms with van der Waals surface area (Å²) >= 11 is 6.73. The number of ether oxygens (including phenoxy) is 1. The molecule has 3 N–H and O–H groups in total. The number of fused-ring (bicyclic) bond motifs is 3. The molecule has 0 fully saturated rings. The van der Waals surface area contributed by atoms with Gasteiger partial charge < -0.3 is 20.1 Å². The van der Waals surface area contributed by atoms with Gasteiger partial charge in [-0.15, -0.1) is 0 Å². The minimum Gasteiger partial charge on any atom is -0.481 e. The second-order valence-electron chi connectivity index (χ2n) is 9.23. The molecule has 3 atom stereocenters. The number of aromatic amines is 1. The van der Waals surface area contributed by atoms with Crippen LogP contribution in [0.1, 0.15) is 43.1 Å². The molecule has 1 aromatic carbocycles. The third-order valence-electron chi connectivity index (χ3n) is 6.68. The molecule has 4 rings (SSSR count). The second-order valence-corrected chi connectivity index (χ2v) is 9.61. The average Bonchev–Trinajstić information content (AvgIpc) is 3.22. The highest BCUT2D eigenvalue weighted by Gasteiger charge is 2.40. The van der Waals surface area contributed by atoms with Crippen LogP contribution in [0.3, 0.4) is 0 Å². The molecule has 2 aromatic heterocycles. The van der Waals surface area contributed by atoms with Crippen LogP contribution in [-0.2, 0) is 11.2 Å². The predicted octanol–water partition coefficient (Wildman–Crippen LogP) is 4.74. The fourth-order valence-corrected chi connectivity index (χ4v) is 5.14. The Morgan fingerprint density at radius 2 is 2.17 bits per heavy atom. The molecule has 0 radical (unpaired) electrons. The first-order valence-corrected chi connectivity index (χ1v) is 12.5. The lowest BCUT2D eigenvalue weighted by molar-refractivity contribution is -0.142. The van der Waals surface area contributed by atoms with Gasteiger partial charge in [-0.3, -0.25) is 14.1 Å². The lowest BCUT2D eigenvalue weighted by atomic mass is 9.88. The number of benzene rings is 1. The van der Waals surface area contributed by atoms with E-state index >= 15 is 4.39 Å². The molecule has 194 valence electrons. The van der Waals surface area contributed by atoms with Crippen LogP contribution in [0.25, 0.3) is 10.9 Å². The summed E-state index contributed by atoms with van der Waals surface area (Å²) in [6.45, 7) is 4.68. The number of pyridine rings is 1. The number of nitrogens with zero attached hydrogens (tertiary/aromatic N) is 2. The minimum atomic E-state index is -0.922. The molecule has 2 unspecified atom stereocenters. The van der Waals surface area contributed by atoms with Crippen molar-refractivity contribution in [1.82, 2.24) is 20.2 Å². The SMILES string of the molecule is CC(CN1C(c2c(F)cnc(OCCNCCCF)c2Cl)c2[nH]c3ccccc3c2C[C@H]1C)C(=O)O. The summed E-state index contributed by atoms with van der Waals surface area (Å²) in [6, 6.07) is 7.16. The third kappa shape index (κ3) is 5.33. The van der Waals surface area contributed by atoms with E-state index < -0.39 is 30.4 Å². The van der Waals surface area contributed by atoms with Gasteiger partial charge in [0.25, 0.3) is 0 Å². The van der Waals surface area contributed by atoms with Gasteiger partial charge in [-0.2, -0.15) is 0 Å². The Morgan fingerprint density at radius 3 is 2.92 bits per heavy atom. The Hall–Kier alpha value is -2.75. The summed E-state index contributed by atoms with van der Waals surface area (Å²) in [5, 5.41) is 13.8. The molecule has 1 aliphatic rings. The molecule has 0 amide bonds. The number of alkyl halides is 1. The van der Waals surface area contributed by atoms with E-state index in [1.165, 1.54) is 0 Å². The maximum Gasteiger partial charge on any atom is 0.307 e. The molecule has 7 nitrogen and oxygen atoms in total. The Balaban J connectivity index is 1.75. The molecular weight excluding hydrogens is 490 g/mol. The lowest BCUT2D eigenvalue weighted by Gasteiger charge is -2.42. The van der Waals surface area contributed by atoms with E-state index in [9.17, 15) is 14.3 Å². The molecule has 3 aromatic rings. The topological polar surface area (TPSA) is 90.5 Å². The number of H-pyrrole nitrogens is 1. The maximum absolute atomic E-state index is 15.5. The van der Waals surface area contributed by atoms with E-state index in [0.29, 0.717) is 25.9 Å². The van der Waals surface area contributed by atoms with Gasteiger partial charge in [-0.1, -0.05) is 36.7 Å². The van der Waals surface area contributed by atoms with Crippen LogP contribution in [-0.4, -0.2) is 64.9 Å². The summed E-state index contributed by atoms with van der Waals surface area (Å²) in [4.78, 5) is 21.2. The second kappa shape index (κ2) is 11.5. The van der Waals surface area contributed by atoms with E-state index in [0.717, 1.165) is 28.4 Å². The molecule has 0 spiro atoms. The molecular formula is C26H31ClF2N4O3. The van der Waals surface area contributed by atoms with Crippen LogP contribution < -0.4 is 10.1 Å². The first-order valence-electron chi connectivity index (χ1n) is 12.1. The zero-order chi connectivity index (χ0) is 25.8. The predicted molar refractivity (Wildman–Crippen MR) is 135 cm³/mol. The van der Waals surface area contributed by atoms with Crippen molar-refractivity contribution in [1.29, 1.82) is 0 Å². The number of hydrogen-bond acceptors (Lipinski definition) is 5. The Bertz CT molecular complexity index is 1220. The van der Waals surface area contributed by atoms with Crippen molar-refractivity contribution in [3.63, 3.8) is 0 Å². The third-order valence-corrected chi connectivity index (χ3v) is 7.04. The van der Waals surface area contributed by atoms with Gasteiger partial charge in [0.2, 0.25) is 5.88 Å². The number of hydrogen-bond donors (Lipinski definition) is 3. The van der Waals surface area contributed by atoms with Crippen molar-refractivity contribution >= 4 is 28.5 Å². The smallest absolute Gasteiger partial charge is 0.307 e. The highest BCUT2D eigenvalue weighted by molar-refractivity contribution is 6.32. The molecule has 36 heavy (non-hydrogen) atoms. The van der Waals surface area contributed by atoms with Crippen molar-refractivity contribution < 1.29 is 23.4 Å². The van der Waals surface area contributed by atoms with Gasteiger partial charge in [0.1, 0.15) is 17.4 Å². The fourth-order valence-electron chi connectivity index (χ4n) is 4.85. The standard InChI is InChI=1S/C26H31ClF2N4O3/c1-15(26(34)35)14-33-16(2)12-18-17-6-3-4-7-20(17)32-23(18)24(33)21-19(29)13-31-25(22(21)27)36-11-10-30-9-5-8-28/h3-4,6-7,13,15-16,24,30,32H,5,8-12,14H2,1-2H3,(H,34,35)/t15?,16-,24?/m1/s1. The summed E-state index contributed by atoms with van der Waals surface area (Å²) in [7, 11) is 0. The van der Waals surface area contributed by atoms with Gasteiger partial charge >= 0.3 is 5.97 Å². The van der Waals surface area contributed by atoms with E-state index in [1.54, 1.807) is 6.92 Å². The van der Waals surface area contributed by atoms with Crippen LogP contribution in [0.4, 0.5) is 8.78 Å². The Kier molecular flexibility index (Phi) is 8.43. The molecule has 3 heterocycles. The van der Waals surface area contributed by atoms with Crippen LogP contribution in [0.5, 0.6) is 5.88 Å². The number of carboxylic acids is 1. The first kappa shape index (κ1) is 26.3. The van der Waals surface area contributed by atoms with Crippen molar-refractivity contribution in [2.45, 2.75) is 38.8 Å². The van der Waals surface area contributed by atoms with Crippen LogP contribution >= 0.6 is 11.6 Å². The summed E-state index contributed by atoms with van der Waals surface area (Å²) in [5.41, 5.74) is 2.98. The number of carboxylic acid groups (broad SMARTS) is 1. The number of aromatic nitrogens is 2. The molecule has 10 heteroatoms. The fraction of sp³-hybridized carbons (Fsp3) is 0.462. The largest absolute Gasteiger partial charge is 0.481 e. The zero-order valence-electron chi connectivity index (χ0n) is 20.4. The minimum absolute atomic E-state index is 0.0513. The van der Waals surface area contributed by atoms with Gasteiger partial charge in [0.05, 0.1) is 24.8 Å². The number of nitrogens with one attached hydrogen (secondary N) is 2. The first-order chi connectivity index (χ1) is 17.3. The van der Waals surface area contributed by atoms with E-state index in [2.05, 4.69) is 15.3 Å². The zero-order valence-corrected chi connectivity index (χ0v) is 21.1. The van der Waals surface area contributed by atoms with E-state index in [1.807, 2.05) is 36.1 Å². The summed E-state index contributed by atoms with van der Waals surface area (Å²) in [6.07, 6.45) is 2.19. The van der Waals surface area contributed by atoms with Crippen LogP contribution in [0, 0.1) is 11.7 Å². The average molecular weight is 521 g/mol. The Labute approximate surface area is 213 Å². The maximum atomic E-state index is 15.5. The van der Waals surface area contributed by atoms with Gasteiger partial charge in [0, 0.05) is 41.3 Å². The van der Waals surface area contributed by atoms with Crippen molar-refractivity contribution in [2.24, 2.45) is 5.92 Å². The highest BCUT2D eigenvalue weighted by atomic mass is 35.5. The number of halogens is 3. The summed E-state index contributed by atoms with van der Waals surface area (Å²) < 4.78 is 33.5. The quantitative estimate of drug-likeness (QED) is 0.316. The highest BCUT2D eigenvalue weighted by Crippen LogP contribution is 2.45. The number of carbonyl (C=O) groups is 1. The molecule has 1 aliphatic heterocycles. The normalized spacial score (nSPS) is 18.8. The number of para-hydroxylation sites is 1. The molecule has 0 aliphatic carbocycles. The van der Waals surface area contributed by atoms with Crippen molar-refractivity contribution in [3.05, 3.63) is 58.1 Å². The number of aliphatic carboxylic acids is 1. The van der Waals surface area contributed by atoms with Crippen molar-refractivity contribution in [3.8, 4) is 5.88 Å². The van der Waals surface area contributed by atoms with Crippen molar-refractivity contribution in [2.75, 3.05) is 32.9 Å². The lowest BCUT2D eigenvalue weighted by Crippen LogP contribution is -2.46. The molecule has 0 bridgehead atoms. The number of rotatable bonds is 11.